The molecule has 5 heteroatoms. The quantitative estimate of drug-likeness (QED) is 0.570. The second-order valence-corrected chi connectivity index (χ2v) is 2.78. The zero-order chi connectivity index (χ0) is 11.4. The van der Waals surface area contributed by atoms with E-state index < -0.39 is 12.4 Å². The number of para-hydroxylation sites is 1. The molecule has 0 atom stereocenters. The molecule has 15 heavy (non-hydrogen) atoms. The van der Waals surface area contributed by atoms with E-state index in [1.807, 2.05) is 0 Å². The maximum absolute atomic E-state index is 12.0. The molecule has 0 heterocycles. The van der Waals surface area contributed by atoms with E-state index in [4.69, 9.17) is 0 Å². The monoisotopic (exact) mass is 214 g/mol. The minimum atomic E-state index is -3.07. The molecule has 0 aliphatic rings. The SMILES string of the molecule is CC(=O)c1cccc(C=O)c1OC(F)F. The topological polar surface area (TPSA) is 43.4 Å². The van der Waals surface area contributed by atoms with Gasteiger partial charge in [0.25, 0.3) is 0 Å². The Morgan fingerprint density at radius 2 is 2.13 bits per heavy atom. The summed E-state index contributed by atoms with van der Waals surface area (Å²) in [6.07, 6.45) is 0.365. The number of ether oxygens (including phenoxy) is 1. The van der Waals surface area contributed by atoms with Crippen molar-refractivity contribution in [3.63, 3.8) is 0 Å². The molecule has 0 aliphatic heterocycles. The van der Waals surface area contributed by atoms with Gasteiger partial charge in [0.2, 0.25) is 0 Å². The Hall–Kier alpha value is -1.78. The summed E-state index contributed by atoms with van der Waals surface area (Å²) < 4.78 is 28.2. The Bertz CT molecular complexity index is 388. The first kappa shape index (κ1) is 11.3. The summed E-state index contributed by atoms with van der Waals surface area (Å²) in [6, 6.07) is 4.06. The average molecular weight is 214 g/mol. The highest BCUT2D eigenvalue weighted by Gasteiger charge is 2.16. The average Bonchev–Trinajstić information content (AvgIpc) is 2.16. The van der Waals surface area contributed by atoms with Gasteiger partial charge >= 0.3 is 6.61 Å². The number of rotatable bonds is 4. The maximum Gasteiger partial charge on any atom is 0.387 e. The lowest BCUT2D eigenvalue weighted by Crippen LogP contribution is -2.08. The van der Waals surface area contributed by atoms with Gasteiger partial charge < -0.3 is 4.74 Å². The second-order valence-electron chi connectivity index (χ2n) is 2.78. The van der Waals surface area contributed by atoms with E-state index in [1.165, 1.54) is 25.1 Å². The molecule has 3 nitrogen and oxygen atoms in total. The summed E-state index contributed by atoms with van der Waals surface area (Å²) in [4.78, 5) is 21.6. The van der Waals surface area contributed by atoms with Gasteiger partial charge in [0.15, 0.2) is 12.1 Å². The number of carbonyl (C=O) groups excluding carboxylic acids is 2. The van der Waals surface area contributed by atoms with Crippen molar-refractivity contribution in [2.24, 2.45) is 0 Å². The molecular formula is C10H8F2O3. The van der Waals surface area contributed by atoms with Crippen LogP contribution in [0.25, 0.3) is 0 Å². The molecule has 1 rings (SSSR count). The van der Waals surface area contributed by atoms with E-state index in [2.05, 4.69) is 4.74 Å². The number of aldehydes is 1. The van der Waals surface area contributed by atoms with Gasteiger partial charge in [0, 0.05) is 0 Å². The highest BCUT2D eigenvalue weighted by Crippen LogP contribution is 2.25. The largest absolute Gasteiger partial charge is 0.433 e. The summed E-state index contributed by atoms with van der Waals surface area (Å²) in [7, 11) is 0. The van der Waals surface area contributed by atoms with Gasteiger partial charge in [-0.3, -0.25) is 9.59 Å². The lowest BCUT2D eigenvalue weighted by atomic mass is 10.1. The van der Waals surface area contributed by atoms with Crippen molar-refractivity contribution in [2.45, 2.75) is 13.5 Å². The molecule has 0 aromatic heterocycles. The van der Waals surface area contributed by atoms with Crippen molar-refractivity contribution >= 4 is 12.1 Å². The van der Waals surface area contributed by atoms with Crippen molar-refractivity contribution in [3.8, 4) is 5.75 Å². The van der Waals surface area contributed by atoms with Gasteiger partial charge in [0.05, 0.1) is 11.1 Å². The lowest BCUT2D eigenvalue weighted by Gasteiger charge is -2.10. The maximum atomic E-state index is 12.0. The lowest BCUT2D eigenvalue weighted by molar-refractivity contribution is -0.0503. The van der Waals surface area contributed by atoms with Crippen LogP contribution in [0.5, 0.6) is 5.75 Å². The molecular weight excluding hydrogens is 206 g/mol. The number of alkyl halides is 2. The van der Waals surface area contributed by atoms with E-state index in [-0.39, 0.29) is 16.9 Å². The van der Waals surface area contributed by atoms with Crippen LogP contribution >= 0.6 is 0 Å². The molecule has 0 amide bonds. The molecule has 0 spiro atoms. The van der Waals surface area contributed by atoms with Gasteiger partial charge in [-0.15, -0.1) is 0 Å². The van der Waals surface area contributed by atoms with Crippen molar-refractivity contribution in [1.82, 2.24) is 0 Å². The number of hydrogen-bond acceptors (Lipinski definition) is 3. The van der Waals surface area contributed by atoms with Gasteiger partial charge in [-0.1, -0.05) is 6.07 Å². The minimum Gasteiger partial charge on any atom is -0.433 e. The van der Waals surface area contributed by atoms with Gasteiger partial charge in [-0.05, 0) is 19.1 Å². The van der Waals surface area contributed by atoms with Crippen LogP contribution in [0.1, 0.15) is 27.6 Å². The molecule has 0 saturated heterocycles. The Labute approximate surface area is 84.7 Å². The molecule has 0 radical (unpaired) electrons. The Morgan fingerprint density at radius 3 is 2.60 bits per heavy atom. The summed E-state index contributed by atoms with van der Waals surface area (Å²) in [5.74, 6) is -0.802. The number of halogens is 2. The first-order valence-electron chi connectivity index (χ1n) is 4.10. The predicted octanol–water partition coefficient (Wildman–Crippen LogP) is 2.30. The summed E-state index contributed by atoms with van der Waals surface area (Å²) in [5, 5.41) is 0. The molecule has 0 saturated carbocycles. The van der Waals surface area contributed by atoms with Crippen LogP contribution in [0, 0.1) is 0 Å². The smallest absolute Gasteiger partial charge is 0.387 e. The third-order valence-corrected chi connectivity index (χ3v) is 1.76. The first-order chi connectivity index (χ1) is 7.06. The standard InChI is InChI=1S/C10H8F2O3/c1-6(14)8-4-2-3-7(5-13)9(8)15-10(11)12/h2-5,10H,1H3. The van der Waals surface area contributed by atoms with E-state index >= 15 is 0 Å². The van der Waals surface area contributed by atoms with Crippen LogP contribution < -0.4 is 4.74 Å². The van der Waals surface area contributed by atoms with Crippen LogP contribution in [0.4, 0.5) is 8.78 Å². The Kier molecular flexibility index (Phi) is 3.49. The highest BCUT2D eigenvalue weighted by atomic mass is 19.3. The normalized spacial score (nSPS) is 10.1. The molecule has 0 unspecified atom stereocenters. The molecule has 80 valence electrons. The zero-order valence-electron chi connectivity index (χ0n) is 7.87. The van der Waals surface area contributed by atoms with Crippen molar-refractivity contribution in [2.75, 3.05) is 0 Å². The first-order valence-corrected chi connectivity index (χ1v) is 4.10. The van der Waals surface area contributed by atoms with Crippen LogP contribution in [0.2, 0.25) is 0 Å². The van der Waals surface area contributed by atoms with E-state index in [9.17, 15) is 18.4 Å². The molecule has 1 aromatic carbocycles. The van der Waals surface area contributed by atoms with Crippen molar-refractivity contribution < 1.29 is 23.1 Å². The fraction of sp³-hybridized carbons (Fsp3) is 0.200. The Balaban J connectivity index is 3.26. The third kappa shape index (κ3) is 2.59. The number of hydrogen-bond donors (Lipinski definition) is 0. The van der Waals surface area contributed by atoms with Crippen molar-refractivity contribution in [3.05, 3.63) is 29.3 Å². The molecule has 0 aliphatic carbocycles. The predicted molar refractivity (Wildman–Crippen MR) is 48.5 cm³/mol. The van der Waals surface area contributed by atoms with Crippen LogP contribution in [0.3, 0.4) is 0 Å². The van der Waals surface area contributed by atoms with Crippen LogP contribution in [0.15, 0.2) is 18.2 Å². The van der Waals surface area contributed by atoms with Crippen LogP contribution in [-0.2, 0) is 0 Å². The van der Waals surface area contributed by atoms with E-state index in [1.54, 1.807) is 0 Å². The van der Waals surface area contributed by atoms with Gasteiger partial charge in [-0.25, -0.2) is 0 Å². The summed E-state index contributed by atoms with van der Waals surface area (Å²) >= 11 is 0. The Morgan fingerprint density at radius 1 is 1.47 bits per heavy atom. The summed E-state index contributed by atoms with van der Waals surface area (Å²) in [5.41, 5.74) is -0.0945. The summed E-state index contributed by atoms with van der Waals surface area (Å²) in [6.45, 7) is -1.85. The minimum absolute atomic E-state index is 0.0279. The fourth-order valence-electron chi connectivity index (χ4n) is 1.15. The van der Waals surface area contributed by atoms with Gasteiger partial charge in [-0.2, -0.15) is 8.78 Å². The molecule has 1 aromatic rings. The molecule has 0 fully saturated rings. The number of Topliss-reactive ketones (excluding diaryl/α,β-unsaturated/α-hetero) is 1. The highest BCUT2D eigenvalue weighted by molar-refractivity contribution is 5.99. The number of benzene rings is 1. The third-order valence-electron chi connectivity index (χ3n) is 1.76. The van der Waals surface area contributed by atoms with Crippen LogP contribution in [-0.4, -0.2) is 18.7 Å². The number of ketones is 1. The molecule has 0 bridgehead atoms. The van der Waals surface area contributed by atoms with Gasteiger partial charge in [0.1, 0.15) is 5.75 Å². The number of carbonyl (C=O) groups is 2. The van der Waals surface area contributed by atoms with E-state index in [0.29, 0.717) is 6.29 Å². The van der Waals surface area contributed by atoms with Crippen molar-refractivity contribution in [1.29, 1.82) is 0 Å². The molecule has 0 N–H and O–H groups in total. The zero-order valence-corrected chi connectivity index (χ0v) is 7.87. The fourth-order valence-corrected chi connectivity index (χ4v) is 1.15. The van der Waals surface area contributed by atoms with E-state index in [0.717, 1.165) is 0 Å². The second kappa shape index (κ2) is 4.63.